The van der Waals surface area contributed by atoms with Gasteiger partial charge in [-0.3, -0.25) is 9.10 Å². The highest BCUT2D eigenvalue weighted by Gasteiger charge is 2.22. The number of hydrogen-bond donors (Lipinski definition) is 0. The largest absolute Gasteiger partial charge is 0.343 e. The molecule has 1 aromatic rings. The average Bonchev–Trinajstić information content (AvgIpc) is 3.00. The number of carbonyl (C=O) groups is 1. The molecule has 0 saturated carbocycles. The second-order valence-electron chi connectivity index (χ2n) is 5.34. The molecule has 1 aromatic carbocycles. The van der Waals surface area contributed by atoms with Crippen LogP contribution in [0.25, 0.3) is 0 Å². The van der Waals surface area contributed by atoms with E-state index in [4.69, 9.17) is 5.26 Å². The van der Waals surface area contributed by atoms with Crippen LogP contribution >= 0.6 is 0 Å². The lowest BCUT2D eigenvalue weighted by atomic mass is 10.2. The van der Waals surface area contributed by atoms with E-state index < -0.39 is 10.0 Å². The number of sulfonamides is 1. The predicted octanol–water partition coefficient (Wildman–Crippen LogP) is 1.34. The maximum Gasteiger partial charge on any atom is 0.232 e. The molecule has 0 unspecified atom stereocenters. The zero-order valence-corrected chi connectivity index (χ0v) is 13.3. The van der Waals surface area contributed by atoms with Crippen LogP contribution in [0, 0.1) is 11.3 Å². The first-order valence-corrected chi connectivity index (χ1v) is 9.02. The summed E-state index contributed by atoms with van der Waals surface area (Å²) in [4.78, 5) is 13.9. The fraction of sp³-hybridized carbons (Fsp3) is 0.467. The van der Waals surface area contributed by atoms with E-state index in [1.807, 2.05) is 6.07 Å². The molecule has 0 aromatic heterocycles. The van der Waals surface area contributed by atoms with Crippen molar-refractivity contribution in [2.24, 2.45) is 0 Å². The molecule has 118 valence electrons. The first-order chi connectivity index (χ1) is 10.4. The summed E-state index contributed by atoms with van der Waals surface area (Å²) < 4.78 is 25.1. The first-order valence-electron chi connectivity index (χ1n) is 7.17. The van der Waals surface area contributed by atoms with Crippen LogP contribution in [0.5, 0.6) is 0 Å². The van der Waals surface area contributed by atoms with E-state index in [-0.39, 0.29) is 18.9 Å². The van der Waals surface area contributed by atoms with Gasteiger partial charge in [0.25, 0.3) is 0 Å². The number of carbonyl (C=O) groups excluding carboxylic acids is 1. The smallest absolute Gasteiger partial charge is 0.232 e. The fourth-order valence-electron chi connectivity index (χ4n) is 2.54. The molecule has 0 N–H and O–H groups in total. The molecule has 0 atom stereocenters. The Morgan fingerprint density at radius 3 is 2.64 bits per heavy atom. The van der Waals surface area contributed by atoms with Crippen LogP contribution in [0.2, 0.25) is 0 Å². The molecule has 1 aliphatic rings. The van der Waals surface area contributed by atoms with Crippen LogP contribution in [0.1, 0.15) is 24.8 Å². The van der Waals surface area contributed by atoms with Gasteiger partial charge in [-0.25, -0.2) is 8.42 Å². The zero-order chi connectivity index (χ0) is 16.2. The highest BCUT2D eigenvalue weighted by atomic mass is 32.2. The minimum absolute atomic E-state index is 0.0254. The Hall–Kier alpha value is -2.07. The third kappa shape index (κ3) is 3.98. The molecule has 2 rings (SSSR count). The molecule has 1 saturated heterocycles. The standard InChI is InChI=1S/C15H19N3O3S/c1-22(20,21)18(14-6-4-5-13(11-14)12-16)10-7-15(19)17-8-2-3-9-17/h4-6,11H,2-3,7-10H2,1H3. The summed E-state index contributed by atoms with van der Waals surface area (Å²) in [5, 5.41) is 8.93. The lowest BCUT2D eigenvalue weighted by molar-refractivity contribution is -0.129. The molecule has 0 radical (unpaired) electrons. The fourth-order valence-corrected chi connectivity index (χ4v) is 3.46. The molecular formula is C15H19N3O3S. The Balaban J connectivity index is 2.13. The van der Waals surface area contributed by atoms with Crippen molar-refractivity contribution in [3.05, 3.63) is 29.8 Å². The van der Waals surface area contributed by atoms with Crippen molar-refractivity contribution in [2.45, 2.75) is 19.3 Å². The molecule has 1 amide bonds. The van der Waals surface area contributed by atoms with Gasteiger partial charge in [0.05, 0.1) is 23.6 Å². The van der Waals surface area contributed by atoms with Crippen LogP contribution in [0.3, 0.4) is 0 Å². The lowest BCUT2D eigenvalue weighted by Gasteiger charge is -2.23. The van der Waals surface area contributed by atoms with Gasteiger partial charge in [-0.2, -0.15) is 5.26 Å². The van der Waals surface area contributed by atoms with Crippen molar-refractivity contribution in [1.29, 1.82) is 5.26 Å². The number of nitriles is 1. The number of hydrogen-bond acceptors (Lipinski definition) is 4. The quantitative estimate of drug-likeness (QED) is 0.819. The summed E-state index contributed by atoms with van der Waals surface area (Å²) >= 11 is 0. The van der Waals surface area contributed by atoms with Crippen molar-refractivity contribution in [3.63, 3.8) is 0 Å². The van der Waals surface area contributed by atoms with Gasteiger partial charge in [0.1, 0.15) is 0 Å². The monoisotopic (exact) mass is 321 g/mol. The topological polar surface area (TPSA) is 81.5 Å². The van der Waals surface area contributed by atoms with Crippen molar-refractivity contribution >= 4 is 21.6 Å². The zero-order valence-electron chi connectivity index (χ0n) is 12.5. The van der Waals surface area contributed by atoms with Gasteiger partial charge < -0.3 is 4.90 Å². The highest BCUT2D eigenvalue weighted by molar-refractivity contribution is 7.92. The highest BCUT2D eigenvalue weighted by Crippen LogP contribution is 2.20. The Bertz CT molecular complexity index is 688. The third-order valence-corrected chi connectivity index (χ3v) is 4.85. The minimum Gasteiger partial charge on any atom is -0.343 e. The Morgan fingerprint density at radius 1 is 1.36 bits per heavy atom. The number of amides is 1. The number of rotatable bonds is 5. The summed E-state index contributed by atoms with van der Waals surface area (Å²) in [6, 6.07) is 8.37. The van der Waals surface area contributed by atoms with Gasteiger partial charge in [0, 0.05) is 26.1 Å². The molecule has 1 fully saturated rings. The lowest BCUT2D eigenvalue weighted by Crippen LogP contribution is -2.35. The summed E-state index contributed by atoms with van der Waals surface area (Å²) in [5.74, 6) is -0.0254. The van der Waals surface area contributed by atoms with Gasteiger partial charge in [-0.1, -0.05) is 6.07 Å². The molecule has 22 heavy (non-hydrogen) atoms. The SMILES string of the molecule is CS(=O)(=O)N(CCC(=O)N1CCCC1)c1cccc(C#N)c1. The van der Waals surface area contributed by atoms with E-state index in [0.717, 1.165) is 32.2 Å². The molecule has 0 bridgehead atoms. The summed E-state index contributed by atoms with van der Waals surface area (Å²) in [6.45, 7) is 1.59. The molecule has 6 nitrogen and oxygen atoms in total. The average molecular weight is 321 g/mol. The van der Waals surface area contributed by atoms with Gasteiger partial charge in [-0.15, -0.1) is 0 Å². The predicted molar refractivity (Wildman–Crippen MR) is 83.8 cm³/mol. The van der Waals surface area contributed by atoms with Gasteiger partial charge in [0.15, 0.2) is 0 Å². The maximum atomic E-state index is 12.1. The Labute approximate surface area is 131 Å². The molecule has 0 aliphatic carbocycles. The molecule has 1 aliphatic heterocycles. The second kappa shape index (κ2) is 6.79. The molecule has 7 heteroatoms. The van der Waals surface area contributed by atoms with Crippen LogP contribution in [0.4, 0.5) is 5.69 Å². The summed E-state index contributed by atoms with van der Waals surface area (Å²) in [5.41, 5.74) is 0.799. The molecular weight excluding hydrogens is 302 g/mol. The van der Waals surface area contributed by atoms with E-state index in [1.165, 1.54) is 10.4 Å². The summed E-state index contributed by atoms with van der Waals surface area (Å²) in [7, 11) is -3.51. The number of anilines is 1. The van der Waals surface area contributed by atoms with Crippen LogP contribution < -0.4 is 4.31 Å². The second-order valence-corrected chi connectivity index (χ2v) is 7.24. The first kappa shape index (κ1) is 16.3. The van der Waals surface area contributed by atoms with Crippen molar-refractivity contribution in [1.82, 2.24) is 4.90 Å². The minimum atomic E-state index is -3.51. The van der Waals surface area contributed by atoms with Crippen molar-refractivity contribution in [3.8, 4) is 6.07 Å². The van der Waals surface area contributed by atoms with E-state index in [1.54, 1.807) is 23.1 Å². The third-order valence-electron chi connectivity index (χ3n) is 3.65. The molecule has 0 spiro atoms. The van der Waals surface area contributed by atoms with Gasteiger partial charge in [-0.05, 0) is 31.0 Å². The van der Waals surface area contributed by atoms with E-state index >= 15 is 0 Å². The number of benzene rings is 1. The maximum absolute atomic E-state index is 12.1. The normalized spacial score (nSPS) is 14.6. The van der Waals surface area contributed by atoms with Crippen LogP contribution in [-0.4, -0.2) is 45.1 Å². The van der Waals surface area contributed by atoms with Crippen LogP contribution in [-0.2, 0) is 14.8 Å². The number of nitrogens with zero attached hydrogens (tertiary/aromatic N) is 3. The van der Waals surface area contributed by atoms with E-state index in [9.17, 15) is 13.2 Å². The van der Waals surface area contributed by atoms with Gasteiger partial charge >= 0.3 is 0 Å². The summed E-state index contributed by atoms with van der Waals surface area (Å²) in [6.07, 6.45) is 3.26. The Kier molecular flexibility index (Phi) is 5.03. The van der Waals surface area contributed by atoms with Crippen LogP contribution in [0.15, 0.2) is 24.3 Å². The Morgan fingerprint density at radius 2 is 2.05 bits per heavy atom. The van der Waals surface area contributed by atoms with Gasteiger partial charge in [0.2, 0.25) is 15.9 Å². The molecule has 1 heterocycles. The van der Waals surface area contributed by atoms with E-state index in [0.29, 0.717) is 11.3 Å². The number of likely N-dealkylation sites (tertiary alicyclic amines) is 1. The van der Waals surface area contributed by atoms with Crippen molar-refractivity contribution < 1.29 is 13.2 Å². The van der Waals surface area contributed by atoms with E-state index in [2.05, 4.69) is 0 Å². The van der Waals surface area contributed by atoms with Crippen molar-refractivity contribution in [2.75, 3.05) is 30.2 Å².